The smallest absolute Gasteiger partial charge is 0.307 e. The molecule has 0 aliphatic rings. The third-order valence-corrected chi connectivity index (χ3v) is 3.64. The van der Waals surface area contributed by atoms with E-state index >= 15 is 0 Å². The van der Waals surface area contributed by atoms with Gasteiger partial charge in [0.05, 0.1) is 12.8 Å². The number of carbonyl (C=O) groups excluding carboxylic acids is 1. The van der Waals surface area contributed by atoms with Crippen LogP contribution >= 0.6 is 0 Å². The number of nitrogens with zero attached hydrogens (tertiary/aromatic N) is 1. The second-order valence-electron chi connectivity index (χ2n) is 5.22. The third-order valence-electron chi connectivity index (χ3n) is 3.64. The van der Waals surface area contributed by atoms with Crippen LogP contribution in [0.5, 0.6) is 5.75 Å². The molecular formula is C19H18N2O3. The number of nitrogens with one attached hydrogen (secondary N) is 1. The molecule has 0 bridgehead atoms. The normalized spacial score (nSPS) is 11.1. The lowest BCUT2D eigenvalue weighted by atomic mass is 10.1. The Bertz CT molecular complexity index is 897. The Morgan fingerprint density at radius 3 is 2.75 bits per heavy atom. The first-order valence-corrected chi connectivity index (χ1v) is 7.74. The summed E-state index contributed by atoms with van der Waals surface area (Å²) in [6.45, 7) is 4.34. The van der Waals surface area contributed by atoms with E-state index in [9.17, 15) is 4.79 Å². The number of benzene rings is 2. The van der Waals surface area contributed by atoms with Gasteiger partial charge in [-0.25, -0.2) is 5.43 Å². The van der Waals surface area contributed by atoms with Crippen molar-refractivity contribution in [3.63, 3.8) is 0 Å². The van der Waals surface area contributed by atoms with E-state index in [1.165, 1.54) is 0 Å². The third kappa shape index (κ3) is 3.15. The molecule has 5 heteroatoms. The molecule has 3 rings (SSSR count). The quantitative estimate of drug-likeness (QED) is 0.572. The fourth-order valence-electron chi connectivity index (χ4n) is 2.48. The molecule has 0 aliphatic carbocycles. The van der Waals surface area contributed by atoms with Gasteiger partial charge in [0.25, 0.3) is 0 Å². The maximum absolute atomic E-state index is 12.3. The van der Waals surface area contributed by atoms with E-state index in [0.717, 1.165) is 22.3 Å². The highest BCUT2D eigenvalue weighted by Crippen LogP contribution is 2.24. The SMILES string of the molecule is CCOc1ccccc1/C=N\NC(=O)c1oc2ccccc2c1C. The Labute approximate surface area is 139 Å². The van der Waals surface area contributed by atoms with Gasteiger partial charge in [-0.2, -0.15) is 5.10 Å². The molecule has 0 spiro atoms. The van der Waals surface area contributed by atoms with Crippen LogP contribution in [0, 0.1) is 6.92 Å². The van der Waals surface area contributed by atoms with Crippen LogP contribution in [0.2, 0.25) is 0 Å². The molecule has 3 aromatic rings. The topological polar surface area (TPSA) is 63.8 Å². The van der Waals surface area contributed by atoms with Gasteiger partial charge in [0.2, 0.25) is 0 Å². The van der Waals surface area contributed by atoms with E-state index in [-0.39, 0.29) is 11.7 Å². The molecule has 1 aromatic heterocycles. The van der Waals surface area contributed by atoms with E-state index in [1.54, 1.807) is 6.21 Å². The Balaban J connectivity index is 1.76. The molecule has 0 aliphatic heterocycles. The van der Waals surface area contributed by atoms with Crippen molar-refractivity contribution >= 4 is 23.1 Å². The standard InChI is InChI=1S/C19H18N2O3/c1-3-23-16-10-6-4-8-14(16)12-20-21-19(22)18-13(2)15-9-5-7-11-17(15)24-18/h4-12H,3H2,1-2H3,(H,21,22)/b20-12-. The minimum Gasteiger partial charge on any atom is -0.493 e. The number of amides is 1. The number of hydrogen-bond acceptors (Lipinski definition) is 4. The van der Waals surface area contributed by atoms with Crippen LogP contribution in [0.25, 0.3) is 11.0 Å². The van der Waals surface area contributed by atoms with E-state index in [4.69, 9.17) is 9.15 Å². The van der Waals surface area contributed by atoms with Gasteiger partial charge in [-0.3, -0.25) is 4.79 Å². The van der Waals surface area contributed by atoms with Crippen molar-refractivity contribution in [3.05, 3.63) is 65.4 Å². The average molecular weight is 322 g/mol. The minimum atomic E-state index is -0.381. The zero-order valence-corrected chi connectivity index (χ0v) is 13.6. The Hall–Kier alpha value is -3.08. The fourth-order valence-corrected chi connectivity index (χ4v) is 2.48. The summed E-state index contributed by atoms with van der Waals surface area (Å²) in [5, 5.41) is 4.93. The van der Waals surface area contributed by atoms with Crippen molar-refractivity contribution in [2.24, 2.45) is 5.10 Å². The maximum atomic E-state index is 12.3. The number of furan rings is 1. The molecule has 0 radical (unpaired) electrons. The highest BCUT2D eigenvalue weighted by Gasteiger charge is 2.16. The van der Waals surface area contributed by atoms with Gasteiger partial charge < -0.3 is 9.15 Å². The van der Waals surface area contributed by atoms with Crippen LogP contribution in [0.1, 0.15) is 28.6 Å². The van der Waals surface area contributed by atoms with Crippen molar-refractivity contribution in [1.82, 2.24) is 5.43 Å². The van der Waals surface area contributed by atoms with E-state index < -0.39 is 0 Å². The molecule has 0 unspecified atom stereocenters. The first-order valence-electron chi connectivity index (χ1n) is 7.74. The monoisotopic (exact) mass is 322 g/mol. The summed E-state index contributed by atoms with van der Waals surface area (Å²) >= 11 is 0. The lowest BCUT2D eigenvalue weighted by Crippen LogP contribution is -2.17. The molecule has 1 heterocycles. The summed E-state index contributed by atoms with van der Waals surface area (Å²) < 4.78 is 11.1. The molecular weight excluding hydrogens is 304 g/mol. The van der Waals surface area contributed by atoms with Gasteiger partial charge >= 0.3 is 5.91 Å². The largest absolute Gasteiger partial charge is 0.493 e. The predicted octanol–water partition coefficient (Wildman–Crippen LogP) is 3.90. The Kier molecular flexibility index (Phi) is 4.61. The lowest BCUT2D eigenvalue weighted by molar-refractivity contribution is 0.0929. The molecule has 24 heavy (non-hydrogen) atoms. The van der Waals surface area contributed by atoms with Crippen LogP contribution in [-0.4, -0.2) is 18.7 Å². The van der Waals surface area contributed by atoms with Crippen molar-refractivity contribution in [1.29, 1.82) is 0 Å². The number of carbonyl (C=O) groups is 1. The van der Waals surface area contributed by atoms with Crippen LogP contribution < -0.4 is 10.2 Å². The van der Waals surface area contributed by atoms with Gasteiger partial charge in [0.1, 0.15) is 11.3 Å². The van der Waals surface area contributed by atoms with Gasteiger partial charge in [-0.1, -0.05) is 30.3 Å². The molecule has 122 valence electrons. The van der Waals surface area contributed by atoms with E-state index in [0.29, 0.717) is 12.2 Å². The van der Waals surface area contributed by atoms with Crippen molar-refractivity contribution in [3.8, 4) is 5.75 Å². The van der Waals surface area contributed by atoms with Crippen LogP contribution in [0.15, 0.2) is 58.0 Å². The Morgan fingerprint density at radius 2 is 1.96 bits per heavy atom. The van der Waals surface area contributed by atoms with Gasteiger partial charge in [0, 0.05) is 16.5 Å². The fraction of sp³-hybridized carbons (Fsp3) is 0.158. The Morgan fingerprint density at radius 1 is 1.21 bits per heavy atom. The molecule has 0 saturated heterocycles. The van der Waals surface area contributed by atoms with E-state index in [2.05, 4.69) is 10.5 Å². The predicted molar refractivity (Wildman–Crippen MR) is 93.6 cm³/mol. The second kappa shape index (κ2) is 7.00. The zero-order valence-electron chi connectivity index (χ0n) is 13.6. The average Bonchev–Trinajstić information content (AvgIpc) is 2.94. The number of aryl methyl sites for hydroxylation is 1. The molecule has 5 nitrogen and oxygen atoms in total. The summed E-state index contributed by atoms with van der Waals surface area (Å²) in [6.07, 6.45) is 1.56. The van der Waals surface area contributed by atoms with Crippen molar-refractivity contribution < 1.29 is 13.9 Å². The summed E-state index contributed by atoms with van der Waals surface area (Å²) in [5.74, 6) is 0.609. The van der Waals surface area contributed by atoms with Crippen LogP contribution in [0.4, 0.5) is 0 Å². The first kappa shape index (κ1) is 15.8. The molecule has 0 saturated carbocycles. The highest BCUT2D eigenvalue weighted by atomic mass is 16.5. The first-order chi connectivity index (χ1) is 11.7. The zero-order chi connectivity index (χ0) is 16.9. The summed E-state index contributed by atoms with van der Waals surface area (Å²) in [6, 6.07) is 15.0. The van der Waals surface area contributed by atoms with Gasteiger partial charge in [-0.15, -0.1) is 0 Å². The molecule has 0 atom stereocenters. The molecule has 2 aromatic carbocycles. The van der Waals surface area contributed by atoms with E-state index in [1.807, 2.05) is 62.4 Å². The molecule has 1 N–H and O–H groups in total. The summed E-state index contributed by atoms with van der Waals surface area (Å²) in [5.41, 5.74) is 4.78. The number of para-hydroxylation sites is 2. The van der Waals surface area contributed by atoms with Gasteiger partial charge in [0.15, 0.2) is 5.76 Å². The number of ether oxygens (including phenoxy) is 1. The van der Waals surface area contributed by atoms with Crippen LogP contribution in [0.3, 0.4) is 0 Å². The molecule has 1 amide bonds. The number of fused-ring (bicyclic) bond motifs is 1. The maximum Gasteiger partial charge on any atom is 0.307 e. The van der Waals surface area contributed by atoms with Crippen LogP contribution in [-0.2, 0) is 0 Å². The van der Waals surface area contributed by atoms with Crippen molar-refractivity contribution in [2.75, 3.05) is 6.61 Å². The summed E-state index contributed by atoms with van der Waals surface area (Å²) in [7, 11) is 0. The highest BCUT2D eigenvalue weighted by molar-refractivity contribution is 5.99. The summed E-state index contributed by atoms with van der Waals surface area (Å²) in [4.78, 5) is 12.3. The number of hydrazone groups is 1. The second-order valence-corrected chi connectivity index (χ2v) is 5.22. The number of hydrogen-bond donors (Lipinski definition) is 1. The van der Waals surface area contributed by atoms with Gasteiger partial charge in [-0.05, 0) is 32.0 Å². The number of rotatable bonds is 5. The molecule has 0 fully saturated rings. The minimum absolute atomic E-state index is 0.270. The van der Waals surface area contributed by atoms with Crippen molar-refractivity contribution in [2.45, 2.75) is 13.8 Å². The lowest BCUT2D eigenvalue weighted by Gasteiger charge is -2.05.